The van der Waals surface area contributed by atoms with Gasteiger partial charge in [0, 0.05) is 18.7 Å². The maximum Gasteiger partial charge on any atom is 0.295 e. The van der Waals surface area contributed by atoms with Crippen molar-refractivity contribution in [1.29, 1.82) is 0 Å². The van der Waals surface area contributed by atoms with Gasteiger partial charge in [0.2, 0.25) is 0 Å². The van der Waals surface area contributed by atoms with Crippen molar-refractivity contribution in [3.8, 4) is 11.5 Å². The van der Waals surface area contributed by atoms with E-state index in [0.717, 1.165) is 24.4 Å². The highest BCUT2D eigenvalue weighted by Gasteiger charge is 2.46. The molecule has 0 spiro atoms. The molecule has 194 valence electrons. The number of aliphatic hydroxyl groups is 1. The third kappa shape index (κ3) is 5.57. The zero-order chi connectivity index (χ0) is 26.4. The minimum atomic E-state index is -0.718. The van der Waals surface area contributed by atoms with Crippen LogP contribution >= 0.6 is 0 Å². The highest BCUT2D eigenvalue weighted by atomic mass is 16.5. The Balaban J connectivity index is 2.16. The summed E-state index contributed by atoms with van der Waals surface area (Å²) >= 11 is 0. The fraction of sp³-hybridized carbons (Fsp3) is 0.448. The fourth-order valence-corrected chi connectivity index (χ4v) is 4.65. The minimum Gasteiger partial charge on any atom is -0.507 e. The topological polar surface area (TPSA) is 79.3 Å². The van der Waals surface area contributed by atoms with Crippen molar-refractivity contribution in [3.05, 3.63) is 64.7 Å². The van der Waals surface area contributed by atoms with E-state index in [4.69, 9.17) is 9.47 Å². The van der Waals surface area contributed by atoms with Gasteiger partial charge in [0.15, 0.2) is 0 Å². The number of methoxy groups -OCH3 is 1. The predicted octanol–water partition coefficient (Wildman–Crippen LogP) is 4.98. The van der Waals surface area contributed by atoms with Crippen LogP contribution in [0.4, 0.5) is 0 Å². The Kier molecular flexibility index (Phi) is 9.15. The van der Waals surface area contributed by atoms with E-state index in [1.165, 1.54) is 0 Å². The van der Waals surface area contributed by atoms with Gasteiger partial charge in [-0.15, -0.1) is 0 Å². The molecule has 2 aromatic rings. The molecule has 7 nitrogen and oxygen atoms in total. The zero-order valence-corrected chi connectivity index (χ0v) is 22.2. The van der Waals surface area contributed by atoms with E-state index < -0.39 is 17.7 Å². The Bertz CT molecular complexity index is 1120. The van der Waals surface area contributed by atoms with E-state index in [1.54, 1.807) is 18.1 Å². The number of likely N-dealkylation sites (N-methyl/N-ethyl adjacent to an activating group) is 1. The van der Waals surface area contributed by atoms with E-state index in [2.05, 4.69) is 18.7 Å². The lowest BCUT2D eigenvalue weighted by atomic mass is 9.93. The molecule has 0 radical (unpaired) electrons. The second kappa shape index (κ2) is 12.1. The average Bonchev–Trinajstić information content (AvgIpc) is 3.14. The van der Waals surface area contributed by atoms with Gasteiger partial charge >= 0.3 is 0 Å². The minimum absolute atomic E-state index is 0.0895. The Morgan fingerprint density at radius 2 is 1.81 bits per heavy atom. The highest BCUT2D eigenvalue weighted by molar-refractivity contribution is 6.46. The number of amides is 1. The second-order valence-electron chi connectivity index (χ2n) is 9.14. The van der Waals surface area contributed by atoms with Crippen LogP contribution in [-0.2, 0) is 9.59 Å². The van der Waals surface area contributed by atoms with E-state index in [9.17, 15) is 14.7 Å². The van der Waals surface area contributed by atoms with Crippen molar-refractivity contribution >= 4 is 17.4 Å². The summed E-state index contributed by atoms with van der Waals surface area (Å²) in [4.78, 5) is 30.4. The van der Waals surface area contributed by atoms with E-state index in [1.807, 2.05) is 57.2 Å². The molecule has 1 fully saturated rings. The predicted molar refractivity (Wildman–Crippen MR) is 141 cm³/mol. The summed E-state index contributed by atoms with van der Waals surface area (Å²) < 4.78 is 11.2. The van der Waals surface area contributed by atoms with Gasteiger partial charge in [-0.1, -0.05) is 39.8 Å². The van der Waals surface area contributed by atoms with Gasteiger partial charge < -0.3 is 24.4 Å². The normalized spacial score (nSPS) is 17.3. The lowest BCUT2D eigenvalue weighted by molar-refractivity contribution is -0.140. The third-order valence-corrected chi connectivity index (χ3v) is 6.71. The molecule has 1 amide bonds. The van der Waals surface area contributed by atoms with E-state index in [0.29, 0.717) is 36.6 Å². The number of hydrogen-bond donors (Lipinski definition) is 1. The van der Waals surface area contributed by atoms with Crippen LogP contribution in [0, 0.1) is 0 Å². The van der Waals surface area contributed by atoms with Crippen LogP contribution in [0.1, 0.15) is 63.3 Å². The zero-order valence-electron chi connectivity index (χ0n) is 22.2. The summed E-state index contributed by atoms with van der Waals surface area (Å²) in [6.45, 7) is 13.3. The van der Waals surface area contributed by atoms with Gasteiger partial charge in [-0.25, -0.2) is 0 Å². The first kappa shape index (κ1) is 27.3. The SMILES string of the molecule is CCOc1ccc(/C(O)=C2/C(=O)C(=O)N(CCN(CC)CC)C2c2cccc(OC)c2)cc1C(C)C. The van der Waals surface area contributed by atoms with E-state index >= 15 is 0 Å². The van der Waals surface area contributed by atoms with Crippen molar-refractivity contribution in [3.63, 3.8) is 0 Å². The van der Waals surface area contributed by atoms with Gasteiger partial charge in [-0.05, 0) is 67.4 Å². The monoisotopic (exact) mass is 494 g/mol. The summed E-state index contributed by atoms with van der Waals surface area (Å²) in [6.07, 6.45) is 0. The molecule has 0 aromatic heterocycles. The number of aliphatic hydroxyl groups excluding tert-OH is 1. The first-order valence-electron chi connectivity index (χ1n) is 12.7. The van der Waals surface area contributed by atoms with Crippen LogP contribution in [0.2, 0.25) is 0 Å². The molecule has 2 aromatic carbocycles. The molecule has 1 heterocycles. The molecule has 1 N–H and O–H groups in total. The molecule has 36 heavy (non-hydrogen) atoms. The number of carbonyl (C=O) groups excluding carboxylic acids is 2. The highest BCUT2D eigenvalue weighted by Crippen LogP contribution is 2.41. The van der Waals surface area contributed by atoms with Crippen LogP contribution in [0.25, 0.3) is 5.76 Å². The molecule has 1 saturated heterocycles. The van der Waals surface area contributed by atoms with Crippen LogP contribution in [0.15, 0.2) is 48.0 Å². The Morgan fingerprint density at radius 3 is 2.42 bits per heavy atom. The quantitative estimate of drug-likeness (QED) is 0.270. The van der Waals surface area contributed by atoms with Crippen molar-refractivity contribution in [1.82, 2.24) is 9.80 Å². The molecule has 0 saturated carbocycles. The van der Waals surface area contributed by atoms with Crippen LogP contribution in [0.5, 0.6) is 11.5 Å². The molecular formula is C29H38N2O5. The van der Waals surface area contributed by atoms with Crippen molar-refractivity contribution in [2.75, 3.05) is 39.9 Å². The Morgan fingerprint density at radius 1 is 1.08 bits per heavy atom. The summed E-state index contributed by atoms with van der Waals surface area (Å²) in [5, 5.41) is 11.5. The largest absolute Gasteiger partial charge is 0.507 e. The maximum absolute atomic E-state index is 13.4. The number of Topliss-reactive ketones (excluding diaryl/α,β-unsaturated/α-hetero) is 1. The molecule has 1 atom stereocenters. The number of likely N-dealkylation sites (tertiary alicyclic amines) is 1. The molecule has 3 rings (SSSR count). The third-order valence-electron chi connectivity index (χ3n) is 6.71. The molecule has 1 aliphatic heterocycles. The first-order chi connectivity index (χ1) is 17.3. The molecule has 1 aliphatic rings. The number of nitrogens with zero attached hydrogens (tertiary/aromatic N) is 2. The molecular weight excluding hydrogens is 456 g/mol. The van der Waals surface area contributed by atoms with Gasteiger partial charge in [0.25, 0.3) is 11.7 Å². The molecule has 0 aliphatic carbocycles. The average molecular weight is 495 g/mol. The van der Waals surface area contributed by atoms with Gasteiger partial charge in [0.1, 0.15) is 17.3 Å². The van der Waals surface area contributed by atoms with Gasteiger partial charge in [-0.2, -0.15) is 0 Å². The number of hydrogen-bond acceptors (Lipinski definition) is 6. The lowest BCUT2D eigenvalue weighted by Crippen LogP contribution is -2.38. The van der Waals surface area contributed by atoms with Crippen molar-refractivity contribution in [2.24, 2.45) is 0 Å². The van der Waals surface area contributed by atoms with Crippen LogP contribution < -0.4 is 9.47 Å². The molecule has 1 unspecified atom stereocenters. The number of rotatable bonds is 11. The summed E-state index contributed by atoms with van der Waals surface area (Å²) in [5.74, 6) is 0.0332. The van der Waals surface area contributed by atoms with Crippen LogP contribution in [0.3, 0.4) is 0 Å². The van der Waals surface area contributed by atoms with E-state index in [-0.39, 0.29) is 17.3 Å². The number of carbonyl (C=O) groups is 2. The summed E-state index contributed by atoms with van der Waals surface area (Å²) in [7, 11) is 1.57. The van der Waals surface area contributed by atoms with Gasteiger partial charge in [0.05, 0.1) is 25.3 Å². The summed E-state index contributed by atoms with van der Waals surface area (Å²) in [5.41, 5.74) is 2.21. The molecule has 7 heteroatoms. The van der Waals surface area contributed by atoms with Crippen molar-refractivity contribution in [2.45, 2.75) is 46.6 Å². The number of ketones is 1. The number of ether oxygens (including phenoxy) is 2. The van der Waals surface area contributed by atoms with Crippen molar-refractivity contribution < 1.29 is 24.2 Å². The van der Waals surface area contributed by atoms with Gasteiger partial charge in [-0.3, -0.25) is 9.59 Å². The fourth-order valence-electron chi connectivity index (χ4n) is 4.65. The maximum atomic E-state index is 13.4. The second-order valence-corrected chi connectivity index (χ2v) is 9.14. The lowest BCUT2D eigenvalue weighted by Gasteiger charge is -2.28. The summed E-state index contributed by atoms with van der Waals surface area (Å²) in [6, 6.07) is 12.0. The Hall–Kier alpha value is -3.32. The smallest absolute Gasteiger partial charge is 0.295 e. The standard InChI is InChI=1S/C29H38N2O5/c1-7-30(8-2)15-16-31-26(20-11-10-12-22(17-20)35-6)25(28(33)29(31)34)27(32)21-13-14-24(36-9-3)23(18-21)19(4)5/h10-14,17-19,26,32H,7-9,15-16H2,1-6H3/b27-25-. The first-order valence-corrected chi connectivity index (χ1v) is 12.7. The molecule has 0 bridgehead atoms. The Labute approximate surface area is 214 Å². The van der Waals surface area contributed by atoms with Crippen LogP contribution in [-0.4, -0.2) is 66.5 Å². The number of benzene rings is 2.